The molecule has 16 heavy (non-hydrogen) atoms. The normalized spacial score (nSPS) is 34.5. The number of fused-ring (bicyclic) bond motifs is 1. The minimum absolute atomic E-state index is 0.386. The molecule has 0 aromatic carbocycles. The van der Waals surface area contributed by atoms with E-state index in [0.717, 1.165) is 36.5 Å². The first-order chi connectivity index (χ1) is 7.67. The van der Waals surface area contributed by atoms with E-state index in [2.05, 4.69) is 15.3 Å². The molecule has 88 valence electrons. The van der Waals surface area contributed by atoms with Crippen molar-refractivity contribution in [3.05, 3.63) is 16.1 Å². The molecule has 4 heteroatoms. The summed E-state index contributed by atoms with van der Waals surface area (Å²) in [5.41, 5.74) is 0.561. The fourth-order valence-electron chi connectivity index (χ4n) is 3.16. The lowest BCUT2D eigenvalue weighted by Gasteiger charge is -2.29. The molecule has 0 aliphatic carbocycles. The molecular formula is C12H18N2OS. The Labute approximate surface area is 100 Å². The molecule has 1 N–H and O–H groups in total. The first-order valence-corrected chi connectivity index (χ1v) is 6.93. The van der Waals surface area contributed by atoms with E-state index in [4.69, 9.17) is 0 Å². The second kappa shape index (κ2) is 3.79. The summed E-state index contributed by atoms with van der Waals surface area (Å²) >= 11 is 1.68. The van der Waals surface area contributed by atoms with Gasteiger partial charge >= 0.3 is 0 Å². The summed E-state index contributed by atoms with van der Waals surface area (Å²) < 4.78 is 0. The van der Waals surface area contributed by atoms with E-state index in [1.54, 1.807) is 11.3 Å². The number of nitrogens with zero attached hydrogens (tertiary/aromatic N) is 2. The maximum absolute atomic E-state index is 10.7. The van der Waals surface area contributed by atoms with Crippen LogP contribution in [0.1, 0.15) is 30.0 Å². The van der Waals surface area contributed by atoms with E-state index in [1.807, 2.05) is 6.92 Å². The standard InChI is InChI=1S/C12H18N2OS/c1-9-8-16-11(13-9)7-12(15)4-6-14-5-2-3-10(12)14/h8,10,15H,2-7H2,1H3. The van der Waals surface area contributed by atoms with E-state index in [9.17, 15) is 5.11 Å². The zero-order valence-electron chi connectivity index (χ0n) is 9.65. The molecule has 2 fully saturated rings. The quantitative estimate of drug-likeness (QED) is 0.850. The van der Waals surface area contributed by atoms with E-state index in [1.165, 1.54) is 13.0 Å². The summed E-state index contributed by atoms with van der Waals surface area (Å²) in [6, 6.07) is 0.386. The minimum Gasteiger partial charge on any atom is -0.388 e. The predicted molar refractivity (Wildman–Crippen MR) is 64.7 cm³/mol. The van der Waals surface area contributed by atoms with Gasteiger partial charge < -0.3 is 5.11 Å². The highest BCUT2D eigenvalue weighted by molar-refractivity contribution is 7.09. The highest BCUT2D eigenvalue weighted by Gasteiger charge is 2.48. The van der Waals surface area contributed by atoms with Crippen LogP contribution in [-0.2, 0) is 6.42 Å². The van der Waals surface area contributed by atoms with Crippen LogP contribution in [0.4, 0.5) is 0 Å². The second-order valence-electron chi connectivity index (χ2n) is 5.11. The summed E-state index contributed by atoms with van der Waals surface area (Å²) in [5.74, 6) is 0. The number of hydrogen-bond acceptors (Lipinski definition) is 4. The number of aryl methyl sites for hydroxylation is 1. The molecule has 2 atom stereocenters. The van der Waals surface area contributed by atoms with Gasteiger partial charge in [-0.2, -0.15) is 0 Å². The van der Waals surface area contributed by atoms with Gasteiger partial charge in [0, 0.05) is 30.1 Å². The van der Waals surface area contributed by atoms with E-state index >= 15 is 0 Å². The molecular weight excluding hydrogens is 220 g/mol. The van der Waals surface area contributed by atoms with Gasteiger partial charge in [-0.25, -0.2) is 4.98 Å². The van der Waals surface area contributed by atoms with Gasteiger partial charge in [-0.05, 0) is 32.7 Å². The molecule has 1 aromatic heterocycles. The molecule has 0 radical (unpaired) electrons. The zero-order chi connectivity index (χ0) is 11.2. The Morgan fingerprint density at radius 1 is 1.62 bits per heavy atom. The van der Waals surface area contributed by atoms with Crippen LogP contribution in [0.2, 0.25) is 0 Å². The molecule has 2 saturated heterocycles. The smallest absolute Gasteiger partial charge is 0.0957 e. The number of aliphatic hydroxyl groups is 1. The van der Waals surface area contributed by atoms with E-state index in [0.29, 0.717) is 6.04 Å². The number of hydrogen-bond donors (Lipinski definition) is 1. The van der Waals surface area contributed by atoms with Crippen LogP contribution < -0.4 is 0 Å². The first kappa shape index (κ1) is 10.7. The third-order valence-corrected chi connectivity index (χ3v) is 4.91. The summed E-state index contributed by atoms with van der Waals surface area (Å²) in [6.07, 6.45) is 4.05. The number of thiazole rings is 1. The average Bonchev–Trinajstić information content (AvgIpc) is 2.88. The van der Waals surface area contributed by atoms with Crippen molar-refractivity contribution in [3.63, 3.8) is 0 Å². The molecule has 0 bridgehead atoms. The van der Waals surface area contributed by atoms with Crippen molar-refractivity contribution >= 4 is 11.3 Å². The monoisotopic (exact) mass is 238 g/mol. The maximum atomic E-state index is 10.7. The van der Waals surface area contributed by atoms with Crippen LogP contribution in [-0.4, -0.2) is 39.7 Å². The van der Waals surface area contributed by atoms with E-state index < -0.39 is 5.60 Å². The molecule has 2 aliphatic rings. The molecule has 2 unspecified atom stereocenters. The van der Waals surface area contributed by atoms with Gasteiger partial charge in [0.2, 0.25) is 0 Å². The van der Waals surface area contributed by atoms with Gasteiger partial charge in [0.1, 0.15) is 0 Å². The molecule has 3 heterocycles. The van der Waals surface area contributed by atoms with Crippen LogP contribution in [0.3, 0.4) is 0 Å². The Hall–Kier alpha value is -0.450. The topological polar surface area (TPSA) is 36.4 Å². The van der Waals surface area contributed by atoms with Crippen LogP contribution in [0.15, 0.2) is 5.38 Å². The predicted octanol–water partition coefficient (Wildman–Crippen LogP) is 1.59. The summed E-state index contributed by atoms with van der Waals surface area (Å²) in [6.45, 7) is 4.25. The van der Waals surface area contributed by atoms with Crippen LogP contribution in [0, 0.1) is 6.92 Å². The van der Waals surface area contributed by atoms with Crippen molar-refractivity contribution in [3.8, 4) is 0 Å². The Morgan fingerprint density at radius 3 is 3.25 bits per heavy atom. The Morgan fingerprint density at radius 2 is 2.50 bits per heavy atom. The lowest BCUT2D eigenvalue weighted by atomic mass is 9.89. The molecule has 0 spiro atoms. The lowest BCUT2D eigenvalue weighted by Crippen LogP contribution is -2.42. The second-order valence-corrected chi connectivity index (χ2v) is 6.05. The lowest BCUT2D eigenvalue weighted by molar-refractivity contribution is 0.0140. The van der Waals surface area contributed by atoms with E-state index in [-0.39, 0.29) is 0 Å². The molecule has 0 amide bonds. The summed E-state index contributed by atoms with van der Waals surface area (Å²) in [5, 5.41) is 13.9. The maximum Gasteiger partial charge on any atom is 0.0957 e. The summed E-state index contributed by atoms with van der Waals surface area (Å²) in [7, 11) is 0. The van der Waals surface area contributed by atoms with Crippen LogP contribution >= 0.6 is 11.3 Å². The average molecular weight is 238 g/mol. The van der Waals surface area contributed by atoms with Gasteiger partial charge in [-0.1, -0.05) is 0 Å². The SMILES string of the molecule is Cc1csc(CC2(O)CCN3CCCC32)n1. The Bertz CT molecular complexity index is 392. The van der Waals surface area contributed by atoms with Crippen molar-refractivity contribution in [1.29, 1.82) is 0 Å². The Balaban J connectivity index is 1.78. The first-order valence-electron chi connectivity index (χ1n) is 6.05. The molecule has 0 saturated carbocycles. The van der Waals surface area contributed by atoms with Crippen molar-refractivity contribution in [1.82, 2.24) is 9.88 Å². The molecule has 3 nitrogen and oxygen atoms in total. The zero-order valence-corrected chi connectivity index (χ0v) is 10.5. The highest BCUT2D eigenvalue weighted by Crippen LogP contribution is 2.38. The van der Waals surface area contributed by atoms with Crippen LogP contribution in [0.25, 0.3) is 0 Å². The van der Waals surface area contributed by atoms with Crippen molar-refractivity contribution < 1.29 is 5.11 Å². The summed E-state index contributed by atoms with van der Waals surface area (Å²) in [4.78, 5) is 6.92. The third kappa shape index (κ3) is 1.69. The fraction of sp³-hybridized carbons (Fsp3) is 0.750. The van der Waals surface area contributed by atoms with Gasteiger partial charge in [-0.3, -0.25) is 4.90 Å². The Kier molecular flexibility index (Phi) is 2.53. The van der Waals surface area contributed by atoms with Gasteiger partial charge in [0.25, 0.3) is 0 Å². The van der Waals surface area contributed by atoms with Crippen molar-refractivity contribution in [2.45, 2.75) is 44.2 Å². The van der Waals surface area contributed by atoms with Crippen molar-refractivity contribution in [2.75, 3.05) is 13.1 Å². The molecule has 1 aromatic rings. The van der Waals surface area contributed by atoms with Crippen molar-refractivity contribution in [2.24, 2.45) is 0 Å². The van der Waals surface area contributed by atoms with Gasteiger partial charge in [0.15, 0.2) is 0 Å². The fourth-order valence-corrected chi connectivity index (χ4v) is 4.05. The van der Waals surface area contributed by atoms with Crippen LogP contribution in [0.5, 0.6) is 0 Å². The van der Waals surface area contributed by atoms with Gasteiger partial charge in [0.05, 0.1) is 10.6 Å². The minimum atomic E-state index is -0.513. The largest absolute Gasteiger partial charge is 0.388 e. The van der Waals surface area contributed by atoms with Gasteiger partial charge in [-0.15, -0.1) is 11.3 Å². The molecule has 2 aliphatic heterocycles. The third-order valence-electron chi connectivity index (χ3n) is 3.94. The number of aromatic nitrogens is 1. The molecule has 3 rings (SSSR count). The highest BCUT2D eigenvalue weighted by atomic mass is 32.1. The number of rotatable bonds is 2.